The van der Waals surface area contributed by atoms with E-state index < -0.39 is 5.79 Å². The van der Waals surface area contributed by atoms with Crippen LogP contribution in [0.3, 0.4) is 0 Å². The fourth-order valence-corrected chi connectivity index (χ4v) is 3.40. The standard InChI is InChI=1S/C18H20O3.Cr/c1-12(10-13-8-6-5-7-9-13)15-14(11-19-4)16-17(15)21-18(2,3)20-16;/h5-10,16-17H,1-4H3;/b12-10+;. The number of benzene rings is 1. The van der Waals surface area contributed by atoms with Crippen LogP contribution in [0.15, 0.2) is 47.1 Å². The Labute approximate surface area is 139 Å². The van der Waals surface area contributed by atoms with Gasteiger partial charge in [-0.25, -0.2) is 0 Å². The van der Waals surface area contributed by atoms with Crippen molar-refractivity contribution < 1.29 is 30.1 Å². The van der Waals surface area contributed by atoms with Gasteiger partial charge in [-0.3, -0.25) is 0 Å². The number of hydrogen-bond acceptors (Lipinski definition) is 3. The van der Waals surface area contributed by atoms with Gasteiger partial charge in [0, 0.05) is 0 Å². The predicted octanol–water partition coefficient (Wildman–Crippen LogP) is 3.24. The van der Waals surface area contributed by atoms with Gasteiger partial charge in [-0.05, 0) is 0 Å². The quantitative estimate of drug-likeness (QED) is 0.845. The number of fused-ring (bicyclic) bond motifs is 1. The minimum atomic E-state index is -0.566. The first kappa shape index (κ1) is 15.9. The Morgan fingerprint density at radius 1 is 1.14 bits per heavy atom. The van der Waals surface area contributed by atoms with E-state index in [-0.39, 0.29) is 12.2 Å². The molecule has 1 aromatic rings. The summed E-state index contributed by atoms with van der Waals surface area (Å²) in [6.07, 6.45) is 2.09. The molecule has 116 valence electrons. The van der Waals surface area contributed by atoms with Crippen LogP contribution in [0.1, 0.15) is 26.3 Å². The molecule has 1 heterocycles. The zero-order chi connectivity index (χ0) is 15.9. The third-order valence-electron chi connectivity index (χ3n) is 3.97. The van der Waals surface area contributed by atoms with Crippen molar-refractivity contribution in [3.8, 4) is 0 Å². The van der Waals surface area contributed by atoms with Crippen molar-refractivity contribution in [2.45, 2.75) is 38.8 Å². The normalized spacial score (nSPS) is 26.6. The van der Waals surface area contributed by atoms with Crippen molar-refractivity contribution in [2.24, 2.45) is 0 Å². The van der Waals surface area contributed by atoms with E-state index in [0.29, 0.717) is 0 Å². The summed E-state index contributed by atoms with van der Waals surface area (Å²) in [5.74, 6) is -0.566. The molecule has 0 aromatic heterocycles. The maximum atomic E-state index is 6.04. The van der Waals surface area contributed by atoms with Gasteiger partial charge in [0.15, 0.2) is 0 Å². The monoisotopic (exact) mass is 336 g/mol. The zero-order valence-corrected chi connectivity index (χ0v) is 14.5. The molecule has 1 aromatic carbocycles. The Morgan fingerprint density at radius 2 is 1.73 bits per heavy atom. The Morgan fingerprint density at radius 3 is 2.32 bits per heavy atom. The molecule has 2 aliphatic rings. The first-order valence-corrected chi connectivity index (χ1v) is 7.98. The summed E-state index contributed by atoms with van der Waals surface area (Å²) in [6.45, 7) is 6.00. The molecule has 0 spiro atoms. The molecule has 0 amide bonds. The molecule has 22 heavy (non-hydrogen) atoms. The van der Waals surface area contributed by atoms with E-state index in [1.165, 1.54) is 11.1 Å². The Bertz CT molecular complexity index is 658. The second kappa shape index (κ2) is 5.88. The summed E-state index contributed by atoms with van der Waals surface area (Å²) in [5.41, 5.74) is 4.58. The van der Waals surface area contributed by atoms with Crippen molar-refractivity contribution >= 4 is 10.6 Å². The van der Waals surface area contributed by atoms with E-state index in [1.807, 2.05) is 32.0 Å². The fourth-order valence-electron chi connectivity index (χ4n) is 3.04. The molecule has 1 aliphatic heterocycles. The average Bonchev–Trinajstić information content (AvgIpc) is 2.73. The second-order valence-corrected chi connectivity index (χ2v) is 6.61. The third-order valence-corrected chi connectivity index (χ3v) is 4.57. The van der Waals surface area contributed by atoms with Crippen LogP contribution in [0.2, 0.25) is 0 Å². The van der Waals surface area contributed by atoms with Crippen LogP contribution in [-0.2, 0) is 30.1 Å². The van der Waals surface area contributed by atoms with Gasteiger partial charge in [-0.15, -0.1) is 0 Å². The van der Waals surface area contributed by atoms with Crippen LogP contribution in [-0.4, -0.2) is 29.7 Å². The average molecular weight is 336 g/mol. The molecular weight excluding hydrogens is 316 g/mol. The van der Waals surface area contributed by atoms with Gasteiger partial charge < -0.3 is 0 Å². The van der Waals surface area contributed by atoms with Gasteiger partial charge in [0.2, 0.25) is 0 Å². The van der Waals surface area contributed by atoms with E-state index in [4.69, 9.17) is 14.2 Å². The summed E-state index contributed by atoms with van der Waals surface area (Å²) in [6, 6.07) is 10.3. The molecule has 3 rings (SSSR count). The van der Waals surface area contributed by atoms with Crippen molar-refractivity contribution in [1.82, 2.24) is 0 Å². The van der Waals surface area contributed by atoms with Crippen molar-refractivity contribution in [3.05, 3.63) is 52.6 Å². The summed E-state index contributed by atoms with van der Waals surface area (Å²) in [4.78, 5) is 0. The SMILES string of the molecule is CO[C](=[Cr])C1=C(/C(C)=C/c2ccccc2)C2OC(C)(C)OC12. The van der Waals surface area contributed by atoms with E-state index in [2.05, 4.69) is 41.0 Å². The predicted molar refractivity (Wildman–Crippen MR) is 83.0 cm³/mol. The van der Waals surface area contributed by atoms with Crippen molar-refractivity contribution in [2.75, 3.05) is 7.11 Å². The molecule has 1 aliphatic carbocycles. The van der Waals surface area contributed by atoms with Crippen LogP contribution in [0.4, 0.5) is 0 Å². The fraction of sp³-hybridized carbons (Fsp3) is 0.389. The van der Waals surface area contributed by atoms with Crippen LogP contribution in [0, 0.1) is 0 Å². The number of hydrogen-bond donors (Lipinski definition) is 0. The van der Waals surface area contributed by atoms with Gasteiger partial charge in [0.1, 0.15) is 0 Å². The molecule has 2 unspecified atom stereocenters. The first-order valence-electron chi connectivity index (χ1n) is 7.34. The van der Waals surface area contributed by atoms with E-state index >= 15 is 0 Å². The van der Waals surface area contributed by atoms with Gasteiger partial charge in [0.05, 0.1) is 0 Å². The Hall–Kier alpha value is -1.02. The molecule has 2 atom stereocenters. The third kappa shape index (κ3) is 2.78. The van der Waals surface area contributed by atoms with Gasteiger partial charge >= 0.3 is 139 Å². The number of rotatable bonds is 4. The van der Waals surface area contributed by atoms with Gasteiger partial charge in [-0.2, -0.15) is 0 Å². The first-order chi connectivity index (χ1) is 10.4. The Kier molecular flexibility index (Phi) is 4.24. The second-order valence-electron chi connectivity index (χ2n) is 6.03. The van der Waals surface area contributed by atoms with Crippen LogP contribution >= 0.6 is 0 Å². The van der Waals surface area contributed by atoms with Crippen molar-refractivity contribution in [1.29, 1.82) is 0 Å². The molecular formula is C18H20CrO3. The van der Waals surface area contributed by atoms with E-state index in [9.17, 15) is 0 Å². The molecule has 3 nitrogen and oxygen atoms in total. The van der Waals surface area contributed by atoms with E-state index in [0.717, 1.165) is 15.7 Å². The maximum absolute atomic E-state index is 6.04. The molecule has 0 saturated carbocycles. The van der Waals surface area contributed by atoms with Gasteiger partial charge in [-0.1, -0.05) is 0 Å². The summed E-state index contributed by atoms with van der Waals surface area (Å²) < 4.78 is 18.2. The molecule has 4 heteroatoms. The topological polar surface area (TPSA) is 27.7 Å². The molecule has 0 bridgehead atoms. The molecule has 1 saturated heterocycles. The number of methoxy groups -OCH3 is 1. The van der Waals surface area contributed by atoms with E-state index in [1.54, 1.807) is 7.11 Å². The minimum absolute atomic E-state index is 0.0246. The zero-order valence-electron chi connectivity index (χ0n) is 13.3. The van der Waals surface area contributed by atoms with Gasteiger partial charge in [0.25, 0.3) is 0 Å². The molecule has 1 fully saturated rings. The Balaban J connectivity index is 1.97. The van der Waals surface area contributed by atoms with Crippen LogP contribution < -0.4 is 0 Å². The van der Waals surface area contributed by atoms with Crippen LogP contribution in [0.5, 0.6) is 0 Å². The summed E-state index contributed by atoms with van der Waals surface area (Å²) in [7, 11) is 1.67. The summed E-state index contributed by atoms with van der Waals surface area (Å²) in [5, 5.41) is 0. The molecule has 0 radical (unpaired) electrons. The van der Waals surface area contributed by atoms with Crippen molar-refractivity contribution in [3.63, 3.8) is 0 Å². The summed E-state index contributed by atoms with van der Waals surface area (Å²) >= 11 is 2.99. The van der Waals surface area contributed by atoms with Crippen LogP contribution in [0.25, 0.3) is 6.08 Å². The molecule has 0 N–H and O–H groups in total. The number of ether oxygens (including phenoxy) is 3.